The average molecular weight is 326 g/mol. The van der Waals surface area contributed by atoms with Crippen LogP contribution in [0.2, 0.25) is 0 Å². The van der Waals surface area contributed by atoms with Gasteiger partial charge in [-0.15, -0.1) is 0 Å². The summed E-state index contributed by atoms with van der Waals surface area (Å²) in [6.07, 6.45) is 4.34. The Hall–Kier alpha value is -2.76. The van der Waals surface area contributed by atoms with E-state index in [0.29, 0.717) is 31.4 Å². The molecule has 0 aliphatic rings. The Morgan fingerprint density at radius 2 is 2.21 bits per heavy atom. The number of amides is 1. The Kier molecular flexibility index (Phi) is 4.84. The molecule has 0 saturated carbocycles. The lowest BCUT2D eigenvalue weighted by atomic mass is 10.2. The van der Waals surface area contributed by atoms with Crippen molar-refractivity contribution in [2.24, 2.45) is 0 Å². The van der Waals surface area contributed by atoms with Crippen LogP contribution in [-0.4, -0.2) is 38.8 Å². The van der Waals surface area contributed by atoms with Crippen LogP contribution in [0.3, 0.4) is 0 Å². The number of nitrogens with zero attached hydrogens (tertiary/aromatic N) is 3. The molecule has 0 radical (unpaired) electrons. The van der Waals surface area contributed by atoms with Crippen LogP contribution in [0.5, 0.6) is 0 Å². The zero-order valence-corrected chi connectivity index (χ0v) is 13.5. The number of halogens is 1. The number of aromatic nitrogens is 3. The van der Waals surface area contributed by atoms with Crippen molar-refractivity contribution < 1.29 is 9.18 Å². The van der Waals surface area contributed by atoms with Gasteiger partial charge in [-0.05, 0) is 36.8 Å². The zero-order chi connectivity index (χ0) is 16.9. The summed E-state index contributed by atoms with van der Waals surface area (Å²) < 4.78 is 13.2. The number of hydrogen-bond acceptors (Lipinski definition) is 3. The smallest absolute Gasteiger partial charge is 0.227 e. The fraction of sp³-hybridized carbons (Fsp3) is 0.278. The molecule has 24 heavy (non-hydrogen) atoms. The van der Waals surface area contributed by atoms with E-state index < -0.39 is 0 Å². The van der Waals surface area contributed by atoms with Gasteiger partial charge in [-0.1, -0.05) is 6.07 Å². The lowest BCUT2D eigenvalue weighted by Gasteiger charge is -2.20. The lowest BCUT2D eigenvalue weighted by Crippen LogP contribution is -2.34. The van der Waals surface area contributed by atoms with E-state index in [1.807, 2.05) is 19.1 Å². The quantitative estimate of drug-likeness (QED) is 0.757. The summed E-state index contributed by atoms with van der Waals surface area (Å²) in [5.74, 6) is 0.524. The van der Waals surface area contributed by atoms with Crippen molar-refractivity contribution in [1.29, 1.82) is 0 Å². The highest BCUT2D eigenvalue weighted by Gasteiger charge is 2.13. The van der Waals surface area contributed by atoms with Crippen LogP contribution >= 0.6 is 0 Å². The molecule has 3 aromatic rings. The molecule has 0 spiro atoms. The van der Waals surface area contributed by atoms with Gasteiger partial charge in [-0.25, -0.2) is 9.37 Å². The van der Waals surface area contributed by atoms with Crippen LogP contribution in [0, 0.1) is 5.82 Å². The number of aromatic amines is 1. The summed E-state index contributed by atoms with van der Waals surface area (Å²) >= 11 is 0. The van der Waals surface area contributed by atoms with Crippen molar-refractivity contribution in [3.05, 3.63) is 59.9 Å². The first-order chi connectivity index (χ1) is 11.7. The Morgan fingerprint density at radius 1 is 1.33 bits per heavy atom. The van der Waals surface area contributed by atoms with Crippen LogP contribution in [0.4, 0.5) is 4.39 Å². The van der Waals surface area contributed by atoms with Crippen LogP contribution in [-0.2, 0) is 17.6 Å². The van der Waals surface area contributed by atoms with Gasteiger partial charge in [0.05, 0.1) is 17.5 Å². The molecule has 1 N–H and O–H groups in total. The minimum atomic E-state index is -0.292. The van der Waals surface area contributed by atoms with Gasteiger partial charge in [0.1, 0.15) is 11.6 Å². The highest BCUT2D eigenvalue weighted by atomic mass is 19.1. The molecular weight excluding hydrogens is 307 g/mol. The second kappa shape index (κ2) is 7.21. The monoisotopic (exact) mass is 326 g/mol. The van der Waals surface area contributed by atoms with Gasteiger partial charge in [0.2, 0.25) is 5.91 Å². The second-order valence-corrected chi connectivity index (χ2v) is 5.61. The molecule has 5 nitrogen and oxygen atoms in total. The fourth-order valence-electron chi connectivity index (χ4n) is 2.64. The van der Waals surface area contributed by atoms with E-state index in [4.69, 9.17) is 0 Å². The summed E-state index contributed by atoms with van der Waals surface area (Å²) in [4.78, 5) is 25.8. The molecule has 1 amide bonds. The van der Waals surface area contributed by atoms with E-state index in [0.717, 1.165) is 16.9 Å². The maximum absolute atomic E-state index is 13.2. The fourth-order valence-corrected chi connectivity index (χ4v) is 2.64. The summed E-state index contributed by atoms with van der Waals surface area (Å²) in [6.45, 7) is 3.15. The predicted molar refractivity (Wildman–Crippen MR) is 90.0 cm³/mol. The third kappa shape index (κ3) is 3.76. The van der Waals surface area contributed by atoms with Crippen molar-refractivity contribution in [2.75, 3.05) is 13.1 Å². The maximum Gasteiger partial charge on any atom is 0.227 e. The molecule has 0 saturated heterocycles. The number of carbonyl (C=O) groups is 1. The SMILES string of the molecule is CCN(CCc1nc2ccc(F)cc2[nH]1)C(=O)Cc1cccnc1. The molecule has 0 aliphatic carbocycles. The number of rotatable bonds is 6. The van der Waals surface area contributed by atoms with Gasteiger partial charge in [0.15, 0.2) is 0 Å². The van der Waals surface area contributed by atoms with E-state index in [9.17, 15) is 9.18 Å². The Morgan fingerprint density at radius 3 is 2.96 bits per heavy atom. The summed E-state index contributed by atoms with van der Waals surface area (Å²) in [6, 6.07) is 8.19. The van der Waals surface area contributed by atoms with Crippen molar-refractivity contribution in [2.45, 2.75) is 19.8 Å². The van der Waals surface area contributed by atoms with E-state index >= 15 is 0 Å². The number of imidazole rings is 1. The van der Waals surface area contributed by atoms with E-state index in [1.165, 1.54) is 12.1 Å². The summed E-state index contributed by atoms with van der Waals surface area (Å²) in [5.41, 5.74) is 2.31. The molecule has 0 bridgehead atoms. The Labute approximate surface area is 139 Å². The topological polar surface area (TPSA) is 61.9 Å². The van der Waals surface area contributed by atoms with Crippen molar-refractivity contribution in [3.8, 4) is 0 Å². The van der Waals surface area contributed by atoms with Gasteiger partial charge in [0.25, 0.3) is 0 Å². The molecule has 0 unspecified atom stereocenters. The van der Waals surface area contributed by atoms with Crippen molar-refractivity contribution in [3.63, 3.8) is 0 Å². The first-order valence-electron chi connectivity index (χ1n) is 7.96. The normalized spacial score (nSPS) is 10.9. The maximum atomic E-state index is 13.2. The van der Waals surface area contributed by atoms with Gasteiger partial charge in [-0.3, -0.25) is 9.78 Å². The van der Waals surface area contributed by atoms with E-state index in [-0.39, 0.29) is 11.7 Å². The van der Waals surface area contributed by atoms with Crippen molar-refractivity contribution in [1.82, 2.24) is 19.9 Å². The highest BCUT2D eigenvalue weighted by molar-refractivity contribution is 5.78. The number of likely N-dealkylation sites (N-methyl/N-ethyl adjacent to an activating group) is 1. The minimum Gasteiger partial charge on any atom is -0.342 e. The van der Waals surface area contributed by atoms with Crippen LogP contribution < -0.4 is 0 Å². The number of benzene rings is 1. The molecule has 0 atom stereocenters. The molecule has 124 valence electrons. The molecular formula is C18H19FN4O. The minimum absolute atomic E-state index is 0.0626. The predicted octanol–water partition coefficient (Wildman–Crippen LogP) is 2.73. The van der Waals surface area contributed by atoms with Gasteiger partial charge in [0, 0.05) is 31.9 Å². The first kappa shape index (κ1) is 16.1. The number of hydrogen-bond donors (Lipinski definition) is 1. The summed E-state index contributed by atoms with van der Waals surface area (Å²) in [7, 11) is 0. The van der Waals surface area contributed by atoms with Crippen LogP contribution in [0.1, 0.15) is 18.3 Å². The molecule has 6 heteroatoms. The number of nitrogens with one attached hydrogen (secondary N) is 1. The number of H-pyrrole nitrogens is 1. The van der Waals surface area contributed by atoms with Gasteiger partial charge in [-0.2, -0.15) is 0 Å². The molecule has 0 aliphatic heterocycles. The summed E-state index contributed by atoms with van der Waals surface area (Å²) in [5, 5.41) is 0. The third-order valence-electron chi connectivity index (χ3n) is 3.92. The molecule has 3 rings (SSSR count). The molecule has 2 heterocycles. The zero-order valence-electron chi connectivity index (χ0n) is 13.5. The number of carbonyl (C=O) groups excluding carboxylic acids is 1. The third-order valence-corrected chi connectivity index (χ3v) is 3.92. The van der Waals surface area contributed by atoms with E-state index in [2.05, 4.69) is 15.0 Å². The lowest BCUT2D eigenvalue weighted by molar-refractivity contribution is -0.130. The number of fused-ring (bicyclic) bond motifs is 1. The first-order valence-corrected chi connectivity index (χ1v) is 7.96. The standard InChI is InChI=1S/C18H19FN4O/c1-2-23(18(24)10-13-4-3-8-20-12-13)9-7-17-21-15-6-5-14(19)11-16(15)22-17/h3-6,8,11-12H,2,7,9-10H2,1H3,(H,21,22). The van der Waals surface area contributed by atoms with Gasteiger partial charge < -0.3 is 9.88 Å². The van der Waals surface area contributed by atoms with Gasteiger partial charge >= 0.3 is 0 Å². The van der Waals surface area contributed by atoms with Crippen molar-refractivity contribution >= 4 is 16.9 Å². The molecule has 2 aromatic heterocycles. The largest absolute Gasteiger partial charge is 0.342 e. The Balaban J connectivity index is 1.63. The Bertz CT molecular complexity index is 831. The van der Waals surface area contributed by atoms with E-state index in [1.54, 1.807) is 23.4 Å². The second-order valence-electron chi connectivity index (χ2n) is 5.61. The molecule has 0 fully saturated rings. The number of pyridine rings is 1. The highest BCUT2D eigenvalue weighted by Crippen LogP contribution is 2.13. The van der Waals surface area contributed by atoms with Crippen LogP contribution in [0.15, 0.2) is 42.7 Å². The average Bonchev–Trinajstić information content (AvgIpc) is 2.98. The molecule has 1 aromatic carbocycles. The van der Waals surface area contributed by atoms with Crippen LogP contribution in [0.25, 0.3) is 11.0 Å².